The molecule has 0 aliphatic carbocycles. The molecule has 0 bridgehead atoms. The zero-order chi connectivity index (χ0) is 18.0. The first-order chi connectivity index (χ1) is 11.9. The predicted octanol–water partition coefficient (Wildman–Crippen LogP) is 1.97. The maximum atomic E-state index is 12.7. The van der Waals surface area contributed by atoms with Crippen LogP contribution in [0.4, 0.5) is 4.79 Å². The molecular weight excluding hydrogens is 318 g/mol. The Bertz CT molecular complexity index is 672. The summed E-state index contributed by atoms with van der Waals surface area (Å²) in [6.45, 7) is 6.18. The lowest BCUT2D eigenvalue weighted by atomic mass is 9.70. The van der Waals surface area contributed by atoms with Crippen LogP contribution in [0, 0.1) is 5.41 Å². The highest BCUT2D eigenvalue weighted by molar-refractivity contribution is 5.98. The molecule has 2 heterocycles. The van der Waals surface area contributed by atoms with Crippen molar-refractivity contribution in [1.82, 2.24) is 15.1 Å². The third-order valence-corrected chi connectivity index (χ3v) is 5.40. The van der Waals surface area contributed by atoms with Crippen LogP contribution in [0.15, 0.2) is 30.3 Å². The average molecular weight is 343 g/mol. The number of amides is 4. The van der Waals surface area contributed by atoms with E-state index < -0.39 is 6.03 Å². The van der Waals surface area contributed by atoms with Crippen molar-refractivity contribution in [3.8, 4) is 0 Å². The molecule has 1 unspecified atom stereocenters. The molecule has 2 aliphatic heterocycles. The lowest BCUT2D eigenvalue weighted by Gasteiger charge is -2.44. The van der Waals surface area contributed by atoms with Crippen molar-refractivity contribution in [2.45, 2.75) is 32.6 Å². The first-order valence-electron chi connectivity index (χ1n) is 8.78. The molecule has 6 heteroatoms. The second-order valence-corrected chi connectivity index (χ2v) is 7.57. The molecule has 6 nitrogen and oxygen atoms in total. The first-order valence-corrected chi connectivity index (χ1v) is 8.78. The minimum Gasteiger partial charge on any atom is -0.341 e. The number of benzene rings is 1. The number of nitrogens with one attached hydrogen (secondary N) is 1. The average Bonchev–Trinajstić information content (AvgIpc) is 2.58. The molecule has 4 amide bonds. The predicted molar refractivity (Wildman–Crippen MR) is 93.9 cm³/mol. The van der Waals surface area contributed by atoms with Crippen molar-refractivity contribution in [2.75, 3.05) is 26.2 Å². The number of piperidine rings is 1. The highest BCUT2D eigenvalue weighted by Crippen LogP contribution is 2.42. The van der Waals surface area contributed by atoms with Crippen molar-refractivity contribution >= 4 is 17.8 Å². The maximum Gasteiger partial charge on any atom is 0.324 e. The van der Waals surface area contributed by atoms with Gasteiger partial charge in [-0.25, -0.2) is 4.79 Å². The van der Waals surface area contributed by atoms with Gasteiger partial charge in [-0.2, -0.15) is 0 Å². The normalized spacial score (nSPS) is 23.4. The molecule has 0 saturated carbocycles. The van der Waals surface area contributed by atoms with Crippen molar-refractivity contribution in [1.29, 1.82) is 0 Å². The van der Waals surface area contributed by atoms with Crippen LogP contribution in [0.3, 0.4) is 0 Å². The Morgan fingerprint density at radius 1 is 1.20 bits per heavy atom. The van der Waals surface area contributed by atoms with Gasteiger partial charge in [0.1, 0.15) is 6.54 Å². The minimum atomic E-state index is -0.471. The van der Waals surface area contributed by atoms with E-state index in [1.807, 2.05) is 23.1 Å². The molecule has 1 aromatic rings. The van der Waals surface area contributed by atoms with Gasteiger partial charge in [0.25, 0.3) is 0 Å². The highest BCUT2D eigenvalue weighted by atomic mass is 16.2. The fourth-order valence-corrected chi connectivity index (χ4v) is 3.64. The Morgan fingerprint density at radius 3 is 2.60 bits per heavy atom. The Kier molecular flexibility index (Phi) is 4.79. The summed E-state index contributed by atoms with van der Waals surface area (Å²) in [6.07, 6.45) is 1.17. The van der Waals surface area contributed by atoms with Crippen molar-refractivity contribution in [3.05, 3.63) is 35.9 Å². The Hall–Kier alpha value is -2.37. The van der Waals surface area contributed by atoms with Crippen LogP contribution in [0.25, 0.3) is 0 Å². The van der Waals surface area contributed by atoms with E-state index in [9.17, 15) is 14.4 Å². The number of carbonyl (C=O) groups excluding carboxylic acids is 3. The summed E-state index contributed by atoms with van der Waals surface area (Å²) in [4.78, 5) is 39.0. The zero-order valence-corrected chi connectivity index (χ0v) is 14.8. The summed E-state index contributed by atoms with van der Waals surface area (Å²) < 4.78 is 0. The zero-order valence-electron chi connectivity index (χ0n) is 14.8. The fourth-order valence-electron chi connectivity index (χ4n) is 3.64. The lowest BCUT2D eigenvalue weighted by molar-refractivity contribution is -0.135. The molecule has 0 aromatic heterocycles. The van der Waals surface area contributed by atoms with Gasteiger partial charge >= 0.3 is 6.03 Å². The number of urea groups is 1. The summed E-state index contributed by atoms with van der Waals surface area (Å²) in [5.74, 6) is -0.0679. The second-order valence-electron chi connectivity index (χ2n) is 7.57. The summed E-state index contributed by atoms with van der Waals surface area (Å²) in [5.41, 5.74) is 1.36. The summed E-state index contributed by atoms with van der Waals surface area (Å²) in [7, 11) is 0. The van der Waals surface area contributed by atoms with Gasteiger partial charge in [0.2, 0.25) is 11.8 Å². The van der Waals surface area contributed by atoms with Crippen LogP contribution in [0.2, 0.25) is 0 Å². The van der Waals surface area contributed by atoms with E-state index in [0.717, 1.165) is 6.42 Å². The molecule has 0 spiro atoms. The molecule has 2 saturated heterocycles. The van der Waals surface area contributed by atoms with Gasteiger partial charge in [-0.05, 0) is 17.4 Å². The molecule has 134 valence electrons. The minimum absolute atomic E-state index is 0.0288. The molecule has 2 fully saturated rings. The SMILES string of the molecule is CC1(C)CCN(C(=O)CN2CCC(=O)NC2=O)CC1c1ccccc1. The van der Waals surface area contributed by atoms with E-state index in [4.69, 9.17) is 0 Å². The topological polar surface area (TPSA) is 69.7 Å². The van der Waals surface area contributed by atoms with Crippen LogP contribution >= 0.6 is 0 Å². The van der Waals surface area contributed by atoms with Crippen LogP contribution in [-0.2, 0) is 9.59 Å². The standard InChI is InChI=1S/C19H25N3O3/c1-19(2)9-11-21(12-15(19)14-6-4-3-5-7-14)17(24)13-22-10-8-16(23)20-18(22)25/h3-7,15H,8-13H2,1-2H3,(H,20,23,25). The third kappa shape index (κ3) is 3.83. The molecule has 25 heavy (non-hydrogen) atoms. The van der Waals surface area contributed by atoms with E-state index in [-0.39, 0.29) is 36.1 Å². The van der Waals surface area contributed by atoms with Gasteiger partial charge in [0.05, 0.1) is 0 Å². The van der Waals surface area contributed by atoms with E-state index in [1.165, 1.54) is 10.5 Å². The smallest absolute Gasteiger partial charge is 0.324 e. The molecule has 0 radical (unpaired) electrons. The van der Waals surface area contributed by atoms with Crippen LogP contribution in [-0.4, -0.2) is 53.8 Å². The quantitative estimate of drug-likeness (QED) is 0.912. The van der Waals surface area contributed by atoms with Crippen LogP contribution in [0.1, 0.15) is 38.2 Å². The largest absolute Gasteiger partial charge is 0.341 e. The van der Waals surface area contributed by atoms with Gasteiger partial charge in [-0.1, -0.05) is 44.2 Å². The van der Waals surface area contributed by atoms with Crippen molar-refractivity contribution in [3.63, 3.8) is 0 Å². The molecule has 1 N–H and O–H groups in total. The maximum absolute atomic E-state index is 12.7. The van der Waals surface area contributed by atoms with Gasteiger partial charge in [-0.3, -0.25) is 14.9 Å². The number of likely N-dealkylation sites (tertiary alicyclic amines) is 1. The first kappa shape index (κ1) is 17.5. The Labute approximate surface area is 148 Å². The number of hydrogen-bond acceptors (Lipinski definition) is 3. The number of carbonyl (C=O) groups is 3. The third-order valence-electron chi connectivity index (χ3n) is 5.40. The monoisotopic (exact) mass is 343 g/mol. The van der Waals surface area contributed by atoms with Crippen LogP contribution < -0.4 is 5.32 Å². The number of rotatable bonds is 3. The van der Waals surface area contributed by atoms with Crippen LogP contribution in [0.5, 0.6) is 0 Å². The Morgan fingerprint density at radius 2 is 1.92 bits per heavy atom. The summed E-state index contributed by atoms with van der Waals surface area (Å²) in [5, 5.41) is 2.26. The van der Waals surface area contributed by atoms with Gasteiger partial charge < -0.3 is 9.80 Å². The van der Waals surface area contributed by atoms with Gasteiger partial charge in [-0.15, -0.1) is 0 Å². The van der Waals surface area contributed by atoms with E-state index in [1.54, 1.807) is 0 Å². The molecule has 3 rings (SSSR count). The van der Waals surface area contributed by atoms with Gasteiger partial charge in [0.15, 0.2) is 0 Å². The van der Waals surface area contributed by atoms with E-state index in [0.29, 0.717) is 19.6 Å². The van der Waals surface area contributed by atoms with E-state index in [2.05, 4.69) is 31.3 Å². The number of hydrogen-bond donors (Lipinski definition) is 1. The number of imide groups is 1. The second kappa shape index (κ2) is 6.86. The number of nitrogens with zero attached hydrogens (tertiary/aromatic N) is 2. The van der Waals surface area contributed by atoms with Crippen molar-refractivity contribution in [2.24, 2.45) is 5.41 Å². The Balaban J connectivity index is 1.67. The van der Waals surface area contributed by atoms with Crippen molar-refractivity contribution < 1.29 is 14.4 Å². The van der Waals surface area contributed by atoms with E-state index >= 15 is 0 Å². The lowest BCUT2D eigenvalue weighted by Crippen LogP contribution is -2.54. The fraction of sp³-hybridized carbons (Fsp3) is 0.526. The molecule has 1 aromatic carbocycles. The summed E-state index contributed by atoms with van der Waals surface area (Å²) >= 11 is 0. The molecular formula is C19H25N3O3. The highest BCUT2D eigenvalue weighted by Gasteiger charge is 2.38. The molecule has 2 aliphatic rings. The molecule has 1 atom stereocenters. The summed E-state index contributed by atoms with van der Waals surface area (Å²) in [6, 6.07) is 9.82. The van der Waals surface area contributed by atoms with Gasteiger partial charge in [0, 0.05) is 32.0 Å².